The first-order chi connectivity index (χ1) is 9.15. The van der Waals surface area contributed by atoms with Crippen molar-refractivity contribution >= 4 is 17.3 Å². The number of hydrogen-bond donors (Lipinski definition) is 1. The summed E-state index contributed by atoms with van der Waals surface area (Å²) in [6.07, 6.45) is 2.47. The van der Waals surface area contributed by atoms with E-state index in [-0.39, 0.29) is 11.9 Å². The van der Waals surface area contributed by atoms with Crippen LogP contribution in [0, 0.1) is 5.82 Å². The van der Waals surface area contributed by atoms with E-state index in [1.165, 1.54) is 12.1 Å². The van der Waals surface area contributed by atoms with Crippen LogP contribution < -0.4 is 5.32 Å². The van der Waals surface area contributed by atoms with Crippen LogP contribution in [0.25, 0.3) is 0 Å². The molecule has 1 atom stereocenters. The first-order valence-electron chi connectivity index (χ1n) is 6.50. The van der Waals surface area contributed by atoms with E-state index in [1.807, 2.05) is 18.0 Å². The number of nitrogens with one attached hydrogen (secondary N) is 1. The van der Waals surface area contributed by atoms with Crippen molar-refractivity contribution in [1.82, 2.24) is 10.2 Å². The average Bonchev–Trinajstić information content (AvgIpc) is 2.89. The summed E-state index contributed by atoms with van der Waals surface area (Å²) >= 11 is 5.31. The molecule has 5 heteroatoms. The monoisotopic (exact) mass is 282 g/mol. The highest BCUT2D eigenvalue weighted by Gasteiger charge is 2.16. The van der Waals surface area contributed by atoms with Gasteiger partial charge in [-0.05, 0) is 42.8 Å². The number of thiocarbonyl (C=S) groups is 1. The number of ether oxygens (including phenoxy) is 1. The molecule has 1 aromatic rings. The lowest BCUT2D eigenvalue weighted by atomic mass is 10.2. The van der Waals surface area contributed by atoms with Crippen LogP contribution in [0.15, 0.2) is 24.3 Å². The van der Waals surface area contributed by atoms with Gasteiger partial charge in [-0.1, -0.05) is 12.1 Å². The molecule has 1 aliphatic heterocycles. The van der Waals surface area contributed by atoms with Crippen LogP contribution in [-0.4, -0.2) is 36.3 Å². The van der Waals surface area contributed by atoms with Crippen molar-refractivity contribution in [3.8, 4) is 0 Å². The van der Waals surface area contributed by atoms with Gasteiger partial charge in [0.05, 0.1) is 6.10 Å². The minimum absolute atomic E-state index is 0.218. The van der Waals surface area contributed by atoms with E-state index < -0.39 is 0 Å². The fraction of sp³-hybridized carbons (Fsp3) is 0.500. The smallest absolute Gasteiger partial charge is 0.169 e. The zero-order valence-electron chi connectivity index (χ0n) is 11.1. The molecule has 1 fully saturated rings. The fourth-order valence-electron chi connectivity index (χ4n) is 2.12. The van der Waals surface area contributed by atoms with E-state index in [9.17, 15) is 4.39 Å². The van der Waals surface area contributed by atoms with Gasteiger partial charge in [-0.2, -0.15) is 0 Å². The maximum absolute atomic E-state index is 13.1. The second kappa shape index (κ2) is 6.82. The summed E-state index contributed by atoms with van der Waals surface area (Å²) in [5.74, 6) is -0.218. The minimum atomic E-state index is -0.218. The number of rotatable bonds is 4. The highest BCUT2D eigenvalue weighted by atomic mass is 32.1. The first-order valence-corrected chi connectivity index (χ1v) is 6.91. The molecule has 2 rings (SSSR count). The van der Waals surface area contributed by atoms with Crippen LogP contribution >= 0.6 is 12.2 Å². The van der Waals surface area contributed by atoms with Crippen LogP contribution in [0.1, 0.15) is 18.4 Å². The third-order valence-corrected chi connectivity index (χ3v) is 3.62. The molecule has 1 aliphatic rings. The number of hydrogen-bond acceptors (Lipinski definition) is 2. The Morgan fingerprint density at radius 1 is 1.58 bits per heavy atom. The van der Waals surface area contributed by atoms with Crippen molar-refractivity contribution < 1.29 is 9.13 Å². The summed E-state index contributed by atoms with van der Waals surface area (Å²) in [4.78, 5) is 1.90. The molecule has 1 N–H and O–H groups in total. The Bertz CT molecular complexity index is 435. The van der Waals surface area contributed by atoms with Crippen LogP contribution in [0.2, 0.25) is 0 Å². The van der Waals surface area contributed by atoms with Crippen molar-refractivity contribution in [3.05, 3.63) is 35.6 Å². The molecule has 0 aliphatic carbocycles. The second-order valence-corrected chi connectivity index (χ2v) is 5.19. The van der Waals surface area contributed by atoms with E-state index in [4.69, 9.17) is 17.0 Å². The Labute approximate surface area is 118 Å². The van der Waals surface area contributed by atoms with Gasteiger partial charge in [-0.25, -0.2) is 4.39 Å². The molecule has 0 bridgehead atoms. The van der Waals surface area contributed by atoms with E-state index in [0.29, 0.717) is 11.7 Å². The molecule has 1 aromatic carbocycles. The first kappa shape index (κ1) is 14.2. The van der Waals surface area contributed by atoms with E-state index in [1.54, 1.807) is 6.07 Å². The van der Waals surface area contributed by atoms with E-state index in [2.05, 4.69) is 5.32 Å². The Morgan fingerprint density at radius 3 is 3.11 bits per heavy atom. The topological polar surface area (TPSA) is 24.5 Å². The Hall–Kier alpha value is -1.20. The third-order valence-electron chi connectivity index (χ3n) is 3.16. The van der Waals surface area contributed by atoms with Crippen LogP contribution in [-0.2, 0) is 11.3 Å². The highest BCUT2D eigenvalue weighted by Crippen LogP contribution is 2.11. The quantitative estimate of drug-likeness (QED) is 0.857. The zero-order valence-corrected chi connectivity index (χ0v) is 11.9. The molecule has 0 aromatic heterocycles. The molecular formula is C14H19FN2OS. The molecular weight excluding hydrogens is 263 g/mol. The standard InChI is InChI=1S/C14H19FN2OS/c1-17(10-11-4-2-5-12(15)8-11)14(19)16-9-13-6-3-7-18-13/h2,4-5,8,13H,3,6-7,9-10H2,1H3,(H,16,19)/t13-/m0/s1. The van der Waals surface area contributed by atoms with Crippen LogP contribution in [0.3, 0.4) is 0 Å². The Balaban J connectivity index is 1.78. The summed E-state index contributed by atoms with van der Waals surface area (Å²) in [6.45, 7) is 2.18. The van der Waals surface area contributed by atoms with Gasteiger partial charge in [0.1, 0.15) is 5.82 Å². The number of halogens is 1. The molecule has 104 valence electrons. The number of nitrogens with zero attached hydrogens (tertiary/aromatic N) is 1. The summed E-state index contributed by atoms with van der Waals surface area (Å²) < 4.78 is 18.6. The maximum Gasteiger partial charge on any atom is 0.169 e. The van der Waals surface area contributed by atoms with Gasteiger partial charge in [-0.3, -0.25) is 0 Å². The lowest BCUT2D eigenvalue weighted by molar-refractivity contribution is 0.113. The van der Waals surface area contributed by atoms with Crippen molar-refractivity contribution in [2.45, 2.75) is 25.5 Å². The van der Waals surface area contributed by atoms with Crippen LogP contribution in [0.4, 0.5) is 4.39 Å². The Kier molecular flexibility index (Phi) is 5.10. The molecule has 1 heterocycles. The fourth-order valence-corrected chi connectivity index (χ4v) is 2.27. The predicted octanol–water partition coefficient (Wildman–Crippen LogP) is 2.31. The highest BCUT2D eigenvalue weighted by molar-refractivity contribution is 7.80. The normalized spacial score (nSPS) is 18.3. The van der Waals surface area contributed by atoms with Crippen molar-refractivity contribution in [2.24, 2.45) is 0 Å². The van der Waals surface area contributed by atoms with Crippen molar-refractivity contribution in [1.29, 1.82) is 0 Å². The molecule has 0 saturated carbocycles. The van der Waals surface area contributed by atoms with Gasteiger partial charge in [0, 0.05) is 26.7 Å². The minimum Gasteiger partial charge on any atom is -0.376 e. The molecule has 0 unspecified atom stereocenters. The summed E-state index contributed by atoms with van der Waals surface area (Å²) in [5.41, 5.74) is 0.906. The molecule has 19 heavy (non-hydrogen) atoms. The van der Waals surface area contributed by atoms with Gasteiger partial charge in [-0.15, -0.1) is 0 Å². The zero-order chi connectivity index (χ0) is 13.7. The molecule has 1 saturated heterocycles. The largest absolute Gasteiger partial charge is 0.376 e. The Morgan fingerprint density at radius 2 is 2.42 bits per heavy atom. The summed E-state index contributed by atoms with van der Waals surface area (Å²) in [5, 5.41) is 3.86. The molecule has 0 spiro atoms. The summed E-state index contributed by atoms with van der Waals surface area (Å²) in [6, 6.07) is 6.57. The third kappa shape index (κ3) is 4.44. The molecule has 0 amide bonds. The lowest BCUT2D eigenvalue weighted by Crippen LogP contribution is -2.40. The van der Waals surface area contributed by atoms with Crippen molar-refractivity contribution in [3.63, 3.8) is 0 Å². The average molecular weight is 282 g/mol. The van der Waals surface area contributed by atoms with Crippen molar-refractivity contribution in [2.75, 3.05) is 20.2 Å². The maximum atomic E-state index is 13.1. The van der Waals surface area contributed by atoms with E-state index >= 15 is 0 Å². The van der Waals surface area contributed by atoms with Gasteiger partial charge >= 0.3 is 0 Å². The predicted molar refractivity (Wildman–Crippen MR) is 77.4 cm³/mol. The SMILES string of the molecule is CN(Cc1cccc(F)c1)C(=S)NC[C@@H]1CCCO1. The van der Waals surface area contributed by atoms with Gasteiger partial charge in [0.2, 0.25) is 0 Å². The van der Waals surface area contributed by atoms with Gasteiger partial charge in [0.15, 0.2) is 5.11 Å². The molecule has 3 nitrogen and oxygen atoms in total. The van der Waals surface area contributed by atoms with Crippen LogP contribution in [0.5, 0.6) is 0 Å². The second-order valence-electron chi connectivity index (χ2n) is 4.81. The van der Waals surface area contributed by atoms with E-state index in [0.717, 1.165) is 31.6 Å². The lowest BCUT2D eigenvalue weighted by Gasteiger charge is -2.22. The summed E-state index contributed by atoms with van der Waals surface area (Å²) in [7, 11) is 1.90. The van der Waals surface area contributed by atoms with Gasteiger partial charge in [0.25, 0.3) is 0 Å². The number of benzene rings is 1. The molecule has 0 radical (unpaired) electrons. The van der Waals surface area contributed by atoms with Gasteiger partial charge < -0.3 is 15.0 Å².